The number of esters is 1. The quantitative estimate of drug-likeness (QED) is 0.105. The summed E-state index contributed by atoms with van der Waals surface area (Å²) in [6, 6.07) is 13.3. The Labute approximate surface area is 433 Å². The van der Waals surface area contributed by atoms with E-state index in [1.54, 1.807) is 24.3 Å². The average Bonchev–Trinajstić information content (AvgIpc) is 4.25. The van der Waals surface area contributed by atoms with Gasteiger partial charge in [0.05, 0.1) is 29.5 Å². The van der Waals surface area contributed by atoms with E-state index in [0.29, 0.717) is 81.9 Å². The van der Waals surface area contributed by atoms with Crippen molar-refractivity contribution in [1.29, 1.82) is 0 Å². The van der Waals surface area contributed by atoms with Gasteiger partial charge in [0.2, 0.25) is 17.7 Å². The van der Waals surface area contributed by atoms with Crippen molar-refractivity contribution in [3.63, 3.8) is 0 Å². The first-order valence-electron chi connectivity index (χ1n) is 27.4. The number of pyridine rings is 1. The standard InChI is InChI=1S/C58H73FN8O7/c1-6-65-46-18-17-39-29-42(46)43(51(65)41-13-9-21-60-47(41)34(2)73-5)30-57(3,4)33-74-55(71)44-14-10-22-67(63-44)53(69)45(28-35-25-36(31-59)27-40(39)26-35)61-52(68)50(38-11-7-8-12-38)66-24-20-58(56(66)72)19-23-64(32-58)54(70)49-48(62-49)37-15-16-37/h9,13,17-18,21,25-27,29,34,37-38,44-45,48-50,62-63H,6-8,10-12,14-16,19-20,22-24,28,30-33H2,1-5H3,(H,61,68)/t34-,44-,45-,48+,49+,50-,58-/m0/s1. The molecule has 2 aliphatic carbocycles. The first kappa shape index (κ1) is 50.4. The maximum Gasteiger partial charge on any atom is 0.324 e. The van der Waals surface area contributed by atoms with Gasteiger partial charge < -0.3 is 29.2 Å². The number of halogens is 1. The van der Waals surface area contributed by atoms with Crippen molar-refractivity contribution in [1.82, 2.24) is 40.4 Å². The number of hydrogen-bond acceptors (Lipinski definition) is 10. The number of ether oxygens (including phenoxy) is 2. The third-order valence-electron chi connectivity index (χ3n) is 17.6. The summed E-state index contributed by atoms with van der Waals surface area (Å²) in [6.45, 7) is 9.87. The highest BCUT2D eigenvalue weighted by Gasteiger charge is 2.58. The number of carbonyl (C=O) groups is 5. The number of rotatable bonds is 11. The Bertz CT molecular complexity index is 2860. The lowest BCUT2D eigenvalue weighted by molar-refractivity contribution is -0.155. The molecule has 7 heterocycles. The summed E-state index contributed by atoms with van der Waals surface area (Å²) in [5.41, 5.74) is 9.46. The van der Waals surface area contributed by atoms with Gasteiger partial charge in [-0.05, 0) is 142 Å². The van der Waals surface area contributed by atoms with Crippen molar-refractivity contribution in [2.45, 2.75) is 154 Å². The molecular formula is C58H73FN8O7. The van der Waals surface area contributed by atoms with E-state index < -0.39 is 53.4 Å². The molecule has 1 spiro atoms. The van der Waals surface area contributed by atoms with Gasteiger partial charge in [-0.2, -0.15) is 0 Å². The summed E-state index contributed by atoms with van der Waals surface area (Å²) in [4.78, 5) is 81.4. The van der Waals surface area contributed by atoms with Crippen LogP contribution in [0.25, 0.3) is 33.3 Å². The molecule has 3 N–H and O–H groups in total. The molecule has 7 aliphatic rings. The lowest BCUT2D eigenvalue weighted by atomic mass is 9.84. The molecule has 0 unspecified atom stereocenters. The molecule has 4 aromatic rings. The summed E-state index contributed by atoms with van der Waals surface area (Å²) in [5, 5.41) is 9.02. The molecule has 16 heteroatoms. The molecule has 4 saturated heterocycles. The molecule has 0 radical (unpaired) electrons. The Morgan fingerprint density at radius 1 is 0.973 bits per heavy atom. The van der Waals surface area contributed by atoms with Gasteiger partial charge >= 0.3 is 5.97 Å². The smallest absolute Gasteiger partial charge is 0.324 e. The predicted octanol–water partition coefficient (Wildman–Crippen LogP) is 6.98. The highest BCUT2D eigenvalue weighted by molar-refractivity contribution is 5.97. The number of aryl methyl sites for hydroxylation is 1. The topological polar surface area (TPSA) is 177 Å². The van der Waals surface area contributed by atoms with Crippen LogP contribution in [-0.2, 0) is 59.5 Å². The largest absolute Gasteiger partial charge is 0.464 e. The van der Waals surface area contributed by atoms with E-state index in [2.05, 4.69) is 65.7 Å². The monoisotopic (exact) mass is 1010 g/mol. The number of benzene rings is 2. The minimum atomic E-state index is -1.13. The van der Waals surface area contributed by atoms with Crippen molar-refractivity contribution in [2.24, 2.45) is 22.7 Å². The van der Waals surface area contributed by atoms with Crippen molar-refractivity contribution >= 4 is 40.5 Å². The lowest BCUT2D eigenvalue weighted by Crippen LogP contribution is -2.62. The molecule has 7 atom stereocenters. The summed E-state index contributed by atoms with van der Waals surface area (Å²) in [7, 11) is 1.68. The first-order chi connectivity index (χ1) is 35.7. The first-order valence-corrected chi connectivity index (χ1v) is 27.4. The Morgan fingerprint density at radius 2 is 1.77 bits per heavy atom. The predicted molar refractivity (Wildman–Crippen MR) is 278 cm³/mol. The molecule has 74 heavy (non-hydrogen) atoms. The van der Waals surface area contributed by atoms with Crippen LogP contribution in [0.1, 0.15) is 120 Å². The number of likely N-dealkylation sites (tertiary alicyclic amines) is 2. The van der Waals surface area contributed by atoms with Crippen LogP contribution in [0.3, 0.4) is 0 Å². The van der Waals surface area contributed by atoms with Gasteiger partial charge in [0.25, 0.3) is 5.91 Å². The van der Waals surface area contributed by atoms with Gasteiger partial charge in [-0.1, -0.05) is 44.9 Å². The third kappa shape index (κ3) is 9.52. The van der Waals surface area contributed by atoms with Crippen LogP contribution in [0, 0.1) is 22.7 Å². The second kappa shape index (κ2) is 20.1. The van der Waals surface area contributed by atoms with Crippen LogP contribution in [0.15, 0.2) is 54.7 Å². The Hall–Kier alpha value is -5.71. The van der Waals surface area contributed by atoms with Gasteiger partial charge in [-0.25, -0.2) is 9.82 Å². The number of hydrogen-bond donors (Lipinski definition) is 3. The van der Waals surface area contributed by atoms with Gasteiger partial charge in [-0.15, -0.1) is 0 Å². The minimum absolute atomic E-state index is 0.0294. The van der Waals surface area contributed by atoms with E-state index in [9.17, 15) is 14.4 Å². The normalized spacial score (nSPS) is 27.2. The molecule has 2 saturated carbocycles. The number of hydrazine groups is 1. The molecule has 6 bridgehead atoms. The van der Waals surface area contributed by atoms with Crippen molar-refractivity contribution < 1.29 is 37.8 Å². The number of cyclic esters (lactones) is 1. The van der Waals surface area contributed by atoms with Crippen molar-refractivity contribution in [3.8, 4) is 22.4 Å². The number of alkyl halides is 1. The molecule has 4 amide bonds. The Balaban J connectivity index is 0.952. The van der Waals surface area contributed by atoms with E-state index in [-0.39, 0.29) is 48.9 Å². The molecular weight excluding hydrogens is 940 g/mol. The van der Waals surface area contributed by atoms with E-state index in [1.807, 2.05) is 30.0 Å². The number of carbonyl (C=O) groups excluding carboxylic acids is 5. The molecule has 2 aromatic carbocycles. The van der Waals surface area contributed by atoms with Gasteiger partial charge in [0.1, 0.15) is 30.8 Å². The molecule has 2 aromatic heterocycles. The maximum absolute atomic E-state index is 15.2. The fourth-order valence-electron chi connectivity index (χ4n) is 13.4. The van der Waals surface area contributed by atoms with Crippen LogP contribution in [-0.4, -0.2) is 124 Å². The van der Waals surface area contributed by atoms with Crippen LogP contribution in [0.4, 0.5) is 4.39 Å². The van der Waals surface area contributed by atoms with Gasteiger partial charge in [0.15, 0.2) is 0 Å². The van der Waals surface area contributed by atoms with Crippen LogP contribution in [0.2, 0.25) is 0 Å². The molecule has 5 aliphatic heterocycles. The van der Waals surface area contributed by atoms with Crippen molar-refractivity contribution in [3.05, 3.63) is 77.1 Å². The van der Waals surface area contributed by atoms with Gasteiger partial charge in [0, 0.05) is 80.4 Å². The fourth-order valence-corrected chi connectivity index (χ4v) is 13.4. The average molecular weight is 1010 g/mol. The number of methoxy groups -OCH3 is 1. The number of aromatic nitrogens is 2. The maximum atomic E-state index is 15.2. The van der Waals surface area contributed by atoms with Gasteiger partial charge in [-0.3, -0.25) is 39.3 Å². The summed E-state index contributed by atoms with van der Waals surface area (Å²) in [5.74, 6) is -0.839. The highest BCUT2D eigenvalue weighted by atomic mass is 19.1. The van der Waals surface area contributed by atoms with Crippen molar-refractivity contribution in [2.75, 3.05) is 39.9 Å². The van der Waals surface area contributed by atoms with E-state index >= 15 is 14.0 Å². The zero-order chi connectivity index (χ0) is 51.6. The second-order valence-corrected chi connectivity index (χ2v) is 23.4. The third-order valence-corrected chi connectivity index (χ3v) is 17.6. The van der Waals surface area contributed by atoms with E-state index in [0.717, 1.165) is 83.1 Å². The Morgan fingerprint density at radius 3 is 2.53 bits per heavy atom. The lowest BCUT2D eigenvalue weighted by Gasteiger charge is -2.37. The molecule has 394 valence electrons. The molecule has 11 rings (SSSR count). The molecule has 15 nitrogen and oxygen atoms in total. The summed E-state index contributed by atoms with van der Waals surface area (Å²) < 4.78 is 29.5. The van der Waals surface area contributed by atoms with Crippen LogP contribution < -0.4 is 16.1 Å². The Kier molecular flexibility index (Phi) is 13.7. The summed E-state index contributed by atoms with van der Waals surface area (Å²) in [6.07, 6.45) is 9.87. The fraction of sp³-hybridized carbons (Fsp3) is 0.586. The zero-order valence-corrected chi connectivity index (χ0v) is 43.7. The highest BCUT2D eigenvalue weighted by Crippen LogP contribution is 2.47. The second-order valence-electron chi connectivity index (χ2n) is 23.4. The SMILES string of the molecule is CCn1c(-c2cccnc2[C@H](C)OC)c2c3cc(ccc31)-c1cc(CF)cc(c1)C[C@H](NC(=O)[C@H](C1CCCC1)N1CC[C@]3(CCN(C(=O)[C@@H]4N[C@@H]4C4CC4)C3)C1=O)C(=O)N1CCC[C@H](N1)C(=O)OCC(C)(C)C2. The summed E-state index contributed by atoms with van der Waals surface area (Å²) >= 11 is 0. The molecule has 6 fully saturated rings. The zero-order valence-electron chi connectivity index (χ0n) is 43.7. The van der Waals surface area contributed by atoms with E-state index in [1.165, 1.54) is 5.01 Å². The van der Waals surface area contributed by atoms with Crippen LogP contribution in [0.5, 0.6) is 0 Å². The van der Waals surface area contributed by atoms with E-state index in [4.69, 9.17) is 14.5 Å². The number of fused-ring (bicyclic) bond motifs is 6. The number of amides is 4. The minimum Gasteiger partial charge on any atom is -0.464 e. The number of nitrogens with one attached hydrogen (secondary N) is 3. The van der Waals surface area contributed by atoms with Crippen LogP contribution >= 0.6 is 0 Å². The number of nitrogens with zero attached hydrogens (tertiary/aromatic N) is 5.